The Bertz CT molecular complexity index is 1910. The van der Waals surface area contributed by atoms with Crippen LogP contribution in [0.3, 0.4) is 0 Å². The molecule has 5 aromatic carbocycles. The Morgan fingerprint density at radius 2 is 1.34 bits per heavy atom. The first kappa shape index (κ1) is 19.5. The number of hydrogen-bond donors (Lipinski definition) is 1. The molecule has 1 unspecified atom stereocenters. The van der Waals surface area contributed by atoms with E-state index in [0.29, 0.717) is 11.3 Å². The maximum Gasteiger partial charge on any atom is 0.205 e. The number of hydrogen-bond acceptors (Lipinski definition) is 5. The maximum atomic E-state index is 10.2. The number of fused-ring (bicyclic) bond motifs is 8. The van der Waals surface area contributed by atoms with Crippen LogP contribution in [0, 0.1) is 11.3 Å². The average molecular weight is 451 g/mol. The van der Waals surface area contributed by atoms with Crippen LogP contribution in [0.4, 0.5) is 0 Å². The van der Waals surface area contributed by atoms with E-state index in [9.17, 15) is 5.26 Å². The first-order chi connectivity index (χ1) is 17.2. The minimum atomic E-state index is -0.447. The number of rotatable bonds is 1. The highest BCUT2D eigenvalue weighted by Gasteiger charge is 2.35. The maximum absolute atomic E-state index is 10.2. The van der Waals surface area contributed by atoms with Gasteiger partial charge in [-0.15, -0.1) is 0 Å². The van der Waals surface area contributed by atoms with Crippen molar-refractivity contribution in [3.63, 3.8) is 0 Å². The largest absolute Gasteiger partial charge is 0.439 e. The lowest BCUT2D eigenvalue weighted by molar-refractivity contribution is 0.399. The van der Waals surface area contributed by atoms with Crippen molar-refractivity contribution in [3.8, 4) is 11.8 Å². The van der Waals surface area contributed by atoms with Crippen LogP contribution < -0.4 is 10.5 Å². The highest BCUT2D eigenvalue weighted by atomic mass is 16.5. The molecule has 164 valence electrons. The average Bonchev–Trinajstić information content (AvgIpc) is 2.91. The van der Waals surface area contributed by atoms with E-state index >= 15 is 0 Å². The van der Waals surface area contributed by atoms with Crippen LogP contribution in [0.5, 0.6) is 5.75 Å². The number of para-hydroxylation sites is 2. The van der Waals surface area contributed by atoms with E-state index in [2.05, 4.69) is 30.3 Å². The van der Waals surface area contributed by atoms with Gasteiger partial charge in [-0.2, -0.15) is 5.26 Å². The third kappa shape index (κ3) is 2.74. The number of benzene rings is 5. The molecule has 0 fully saturated rings. The molecule has 1 atom stereocenters. The van der Waals surface area contributed by atoms with Crippen LogP contribution in [-0.4, -0.2) is 9.97 Å². The van der Waals surface area contributed by atoms with Crippen LogP contribution in [0.15, 0.2) is 102 Å². The molecule has 2 heterocycles. The molecule has 6 aromatic rings. The summed E-state index contributed by atoms with van der Waals surface area (Å²) in [6.45, 7) is 0. The molecule has 0 saturated carbocycles. The predicted octanol–water partition coefficient (Wildman–Crippen LogP) is 6.31. The van der Waals surface area contributed by atoms with Crippen molar-refractivity contribution in [2.24, 2.45) is 5.73 Å². The Morgan fingerprint density at radius 1 is 0.714 bits per heavy atom. The van der Waals surface area contributed by atoms with Gasteiger partial charge in [0, 0.05) is 16.3 Å². The Hall–Kier alpha value is -4.95. The van der Waals surface area contributed by atoms with E-state index in [0.717, 1.165) is 54.7 Å². The molecule has 0 radical (unpaired) electrons. The number of allylic oxidation sites excluding steroid dienone is 1. The Balaban J connectivity index is 1.70. The number of nitrogens with zero attached hydrogens (tertiary/aromatic N) is 3. The zero-order valence-electron chi connectivity index (χ0n) is 18.6. The molecule has 0 spiro atoms. The predicted molar refractivity (Wildman–Crippen MR) is 138 cm³/mol. The van der Waals surface area contributed by atoms with Gasteiger partial charge in [-0.1, -0.05) is 78.9 Å². The monoisotopic (exact) mass is 450 g/mol. The fourth-order valence-corrected chi connectivity index (χ4v) is 5.28. The third-order valence-electron chi connectivity index (χ3n) is 6.81. The first-order valence-corrected chi connectivity index (χ1v) is 11.4. The van der Waals surface area contributed by atoms with Gasteiger partial charge in [-0.25, -0.2) is 9.97 Å². The molecular formula is C30H18N4O. The Morgan fingerprint density at radius 3 is 2.11 bits per heavy atom. The first-order valence-electron chi connectivity index (χ1n) is 11.4. The number of ether oxygens (including phenoxy) is 1. The van der Waals surface area contributed by atoms with E-state index in [4.69, 9.17) is 20.4 Å². The molecule has 1 aliphatic heterocycles. The molecule has 5 nitrogen and oxygen atoms in total. The number of nitrogens with two attached hydrogens (primary N) is 1. The van der Waals surface area contributed by atoms with E-state index in [1.165, 1.54) is 0 Å². The van der Waals surface area contributed by atoms with Gasteiger partial charge >= 0.3 is 0 Å². The summed E-state index contributed by atoms with van der Waals surface area (Å²) >= 11 is 0. The fourth-order valence-electron chi connectivity index (χ4n) is 5.28. The van der Waals surface area contributed by atoms with Gasteiger partial charge in [0.25, 0.3) is 0 Å². The number of nitriles is 1. The smallest absolute Gasteiger partial charge is 0.205 e. The molecule has 0 saturated heterocycles. The van der Waals surface area contributed by atoms with Crippen molar-refractivity contribution in [2.75, 3.05) is 0 Å². The fraction of sp³-hybridized carbons (Fsp3) is 0.0333. The second kappa shape index (κ2) is 7.28. The SMILES string of the molecule is N#CC1=C(N)Oc2c(c3nc4ccccc4nc3c3ccccc23)C1c1cccc2ccccc12. The van der Waals surface area contributed by atoms with Crippen LogP contribution in [0.25, 0.3) is 43.6 Å². The van der Waals surface area contributed by atoms with Gasteiger partial charge in [0.2, 0.25) is 5.88 Å². The summed E-state index contributed by atoms with van der Waals surface area (Å²) in [7, 11) is 0. The van der Waals surface area contributed by atoms with Gasteiger partial charge in [0.1, 0.15) is 17.4 Å². The molecule has 2 N–H and O–H groups in total. The summed E-state index contributed by atoms with van der Waals surface area (Å²) in [5, 5.41) is 14.2. The summed E-state index contributed by atoms with van der Waals surface area (Å²) < 4.78 is 6.20. The summed E-state index contributed by atoms with van der Waals surface area (Å²) in [5.74, 6) is 0.306. The van der Waals surface area contributed by atoms with Crippen molar-refractivity contribution in [2.45, 2.75) is 5.92 Å². The van der Waals surface area contributed by atoms with E-state index < -0.39 is 5.92 Å². The quantitative estimate of drug-likeness (QED) is 0.234. The normalized spacial score (nSPS) is 15.3. The Labute approximate surface area is 200 Å². The van der Waals surface area contributed by atoms with Crippen molar-refractivity contribution in [1.29, 1.82) is 5.26 Å². The van der Waals surface area contributed by atoms with Gasteiger partial charge in [0.15, 0.2) is 0 Å². The second-order valence-corrected chi connectivity index (χ2v) is 8.69. The van der Waals surface area contributed by atoms with E-state index in [-0.39, 0.29) is 5.88 Å². The molecular weight excluding hydrogens is 432 g/mol. The van der Waals surface area contributed by atoms with Crippen molar-refractivity contribution < 1.29 is 4.74 Å². The van der Waals surface area contributed by atoms with Crippen LogP contribution in [0.2, 0.25) is 0 Å². The summed E-state index contributed by atoms with van der Waals surface area (Å²) in [5.41, 5.74) is 11.7. The zero-order chi connectivity index (χ0) is 23.5. The topological polar surface area (TPSA) is 84.8 Å². The lowest BCUT2D eigenvalue weighted by Gasteiger charge is -2.29. The van der Waals surface area contributed by atoms with E-state index in [1.807, 2.05) is 66.7 Å². The lowest BCUT2D eigenvalue weighted by atomic mass is 9.79. The second-order valence-electron chi connectivity index (χ2n) is 8.69. The van der Waals surface area contributed by atoms with Gasteiger partial charge in [-0.3, -0.25) is 0 Å². The summed E-state index contributed by atoms with van der Waals surface area (Å²) in [4.78, 5) is 10.1. The molecule has 0 bridgehead atoms. The van der Waals surface area contributed by atoms with Gasteiger partial charge < -0.3 is 10.5 Å². The van der Waals surface area contributed by atoms with Crippen LogP contribution in [0.1, 0.15) is 17.0 Å². The minimum absolute atomic E-state index is 0.121. The highest BCUT2D eigenvalue weighted by molar-refractivity contribution is 6.11. The molecule has 1 aromatic heterocycles. The lowest BCUT2D eigenvalue weighted by Crippen LogP contribution is -2.22. The summed E-state index contributed by atoms with van der Waals surface area (Å²) in [6.07, 6.45) is 0. The zero-order valence-corrected chi connectivity index (χ0v) is 18.6. The van der Waals surface area contributed by atoms with Crippen LogP contribution >= 0.6 is 0 Å². The molecule has 0 aliphatic carbocycles. The van der Waals surface area contributed by atoms with Crippen molar-refractivity contribution in [3.05, 3.63) is 114 Å². The Kier molecular flexibility index (Phi) is 4.06. The summed E-state index contributed by atoms with van der Waals surface area (Å²) in [6, 6.07) is 32.5. The van der Waals surface area contributed by atoms with Crippen molar-refractivity contribution in [1.82, 2.24) is 9.97 Å². The molecule has 7 rings (SSSR count). The number of aromatic nitrogens is 2. The highest BCUT2D eigenvalue weighted by Crippen LogP contribution is 2.50. The molecule has 1 aliphatic rings. The molecule has 0 amide bonds. The molecule has 5 heteroatoms. The van der Waals surface area contributed by atoms with Gasteiger partial charge in [-0.05, 0) is 28.5 Å². The standard InChI is InChI=1S/C30H18N4O/c31-16-22-25(19-13-7-9-17-8-1-2-10-18(17)19)26-28-27(33-23-14-5-6-15-24(23)34-28)20-11-3-4-12-21(20)29(26)35-30(22)32/h1-15,25H,32H2. The van der Waals surface area contributed by atoms with E-state index in [1.54, 1.807) is 0 Å². The molecule has 35 heavy (non-hydrogen) atoms. The minimum Gasteiger partial charge on any atom is -0.439 e. The van der Waals surface area contributed by atoms with Crippen molar-refractivity contribution >= 4 is 43.6 Å². The van der Waals surface area contributed by atoms with Crippen LogP contribution in [-0.2, 0) is 0 Å². The third-order valence-corrected chi connectivity index (χ3v) is 6.81. The van der Waals surface area contributed by atoms with Gasteiger partial charge in [0.05, 0.1) is 28.0 Å².